The van der Waals surface area contributed by atoms with Gasteiger partial charge in [-0.05, 0) is 73.5 Å². The average Bonchev–Trinajstić information content (AvgIpc) is 3.73. The third-order valence-corrected chi connectivity index (χ3v) is 9.27. The molecule has 6 aromatic carbocycles. The Hall–Kier alpha value is -6.97. The molecule has 0 bridgehead atoms. The van der Waals surface area contributed by atoms with Crippen LogP contribution in [-0.4, -0.2) is 31.0 Å². The van der Waals surface area contributed by atoms with E-state index >= 15 is 0 Å². The van der Waals surface area contributed by atoms with E-state index in [1.165, 1.54) is 33.6 Å². The molecule has 296 valence electrons. The zero-order valence-corrected chi connectivity index (χ0v) is 33.1. The van der Waals surface area contributed by atoms with E-state index in [0.717, 1.165) is 22.3 Å². The monoisotopic (exact) mass is 826 g/mol. The van der Waals surface area contributed by atoms with Crippen LogP contribution in [0.1, 0.15) is 44.8 Å². The van der Waals surface area contributed by atoms with Gasteiger partial charge in [-0.3, -0.25) is 9.98 Å². The summed E-state index contributed by atoms with van der Waals surface area (Å²) in [5, 5.41) is 35.4. The number of hydrogen-bond acceptors (Lipinski definition) is 6. The maximum Gasteiger partial charge on any atom is 2.00 e. The molecule has 2 aromatic heterocycles. The molecular weight excluding hydrogens is 789 g/mol. The summed E-state index contributed by atoms with van der Waals surface area (Å²) in [5.74, 6) is -1.00. The van der Waals surface area contributed by atoms with Crippen LogP contribution in [0, 0.1) is 25.5 Å². The fourth-order valence-electron chi connectivity index (χ4n) is 6.39. The molecule has 0 aliphatic carbocycles. The van der Waals surface area contributed by atoms with Crippen LogP contribution in [0.2, 0.25) is 0 Å². The fourth-order valence-corrected chi connectivity index (χ4v) is 6.39. The van der Waals surface area contributed by atoms with E-state index in [0.29, 0.717) is 58.4 Å². The van der Waals surface area contributed by atoms with Crippen molar-refractivity contribution in [3.05, 3.63) is 226 Å². The standard InChI is InChI=1S/2C24H20FN3O.Ni/c2*1-17-22(24(29)28(27-17)21-10-6-3-7-11-21)23(19-8-4-2-5-9-19)26-16-18-12-14-20(25)15-13-18;/h2*2-15,29H,16H2,1H3;/q;;+2/p-2. The molecular formula is C48H38F2N6NiO2. The van der Waals surface area contributed by atoms with Crippen molar-refractivity contribution in [2.45, 2.75) is 26.9 Å². The van der Waals surface area contributed by atoms with Crippen LogP contribution in [-0.2, 0) is 29.6 Å². The summed E-state index contributed by atoms with van der Waals surface area (Å²) in [6.45, 7) is 4.29. The minimum absolute atomic E-state index is 0. The van der Waals surface area contributed by atoms with Crippen molar-refractivity contribution in [2.24, 2.45) is 9.98 Å². The van der Waals surface area contributed by atoms with Crippen LogP contribution in [0.4, 0.5) is 8.78 Å². The summed E-state index contributed by atoms with van der Waals surface area (Å²) in [5.41, 5.74) is 8.14. The van der Waals surface area contributed by atoms with Crippen molar-refractivity contribution in [3.8, 4) is 23.1 Å². The van der Waals surface area contributed by atoms with Gasteiger partial charge in [-0.1, -0.05) is 121 Å². The molecule has 59 heavy (non-hydrogen) atoms. The maximum absolute atomic E-state index is 13.2. The van der Waals surface area contributed by atoms with Crippen molar-refractivity contribution < 1.29 is 35.5 Å². The van der Waals surface area contributed by atoms with Crippen molar-refractivity contribution >= 4 is 11.4 Å². The van der Waals surface area contributed by atoms with Gasteiger partial charge in [0.2, 0.25) is 0 Å². The van der Waals surface area contributed by atoms with Crippen molar-refractivity contribution in [1.29, 1.82) is 0 Å². The maximum atomic E-state index is 13.2. The molecule has 0 atom stereocenters. The van der Waals surface area contributed by atoms with E-state index in [1.807, 2.05) is 135 Å². The SMILES string of the molecule is Cc1nn(-c2ccccc2)c([O-])c1C(=NCc1ccc(F)cc1)c1ccccc1.Cc1nn(-c2ccccc2)c([O-])c1C(=NCc1ccc(F)cc1)c1ccccc1.[Ni+2]. The number of aliphatic imine (C=N–C) groups is 2. The first-order valence-corrected chi connectivity index (χ1v) is 18.6. The zero-order chi connectivity index (χ0) is 40.4. The summed E-state index contributed by atoms with van der Waals surface area (Å²) in [7, 11) is 0. The van der Waals surface area contributed by atoms with Gasteiger partial charge >= 0.3 is 16.5 Å². The Kier molecular flexibility index (Phi) is 13.7. The number of halogens is 2. The number of nitrogens with zero attached hydrogens (tertiary/aromatic N) is 6. The molecule has 0 fully saturated rings. The quantitative estimate of drug-likeness (QED) is 0.102. The normalized spacial score (nSPS) is 11.4. The molecule has 0 amide bonds. The van der Waals surface area contributed by atoms with Crippen LogP contribution >= 0.6 is 0 Å². The molecule has 0 aliphatic heterocycles. The molecule has 0 N–H and O–H groups in total. The minimum Gasteiger partial charge on any atom is -0.858 e. The van der Waals surface area contributed by atoms with Gasteiger partial charge in [0.15, 0.2) is 0 Å². The number of para-hydroxylation sites is 2. The summed E-state index contributed by atoms with van der Waals surface area (Å²) in [6, 6.07) is 50.2. The molecule has 0 radical (unpaired) electrons. The predicted octanol–water partition coefficient (Wildman–Crippen LogP) is 8.86. The van der Waals surface area contributed by atoms with Gasteiger partial charge in [0.05, 0.1) is 47.3 Å². The largest absolute Gasteiger partial charge is 2.00 e. The first-order chi connectivity index (χ1) is 28.3. The minimum atomic E-state index is -0.289. The summed E-state index contributed by atoms with van der Waals surface area (Å²) in [6.07, 6.45) is 0. The van der Waals surface area contributed by atoms with E-state index in [1.54, 1.807) is 24.3 Å². The van der Waals surface area contributed by atoms with E-state index in [9.17, 15) is 19.0 Å². The topological polar surface area (TPSA) is 106 Å². The van der Waals surface area contributed by atoms with Gasteiger partial charge in [-0.2, -0.15) is 10.2 Å². The van der Waals surface area contributed by atoms with E-state index in [2.05, 4.69) is 10.2 Å². The van der Waals surface area contributed by atoms with Crippen LogP contribution < -0.4 is 10.2 Å². The first kappa shape index (κ1) is 41.7. The van der Waals surface area contributed by atoms with E-state index < -0.39 is 0 Å². The van der Waals surface area contributed by atoms with Gasteiger partial charge in [0, 0.05) is 34.0 Å². The van der Waals surface area contributed by atoms with Gasteiger partial charge in [-0.15, -0.1) is 0 Å². The van der Waals surface area contributed by atoms with Crippen LogP contribution in [0.25, 0.3) is 11.4 Å². The number of hydrogen-bond donors (Lipinski definition) is 0. The average molecular weight is 828 g/mol. The Morgan fingerprint density at radius 2 is 0.780 bits per heavy atom. The smallest absolute Gasteiger partial charge is 0.858 e. The Labute approximate surface area is 351 Å². The third-order valence-electron chi connectivity index (χ3n) is 9.27. The van der Waals surface area contributed by atoms with Gasteiger partial charge in [0.25, 0.3) is 0 Å². The Morgan fingerprint density at radius 1 is 0.475 bits per heavy atom. The van der Waals surface area contributed by atoms with E-state index in [4.69, 9.17) is 9.98 Å². The molecule has 0 unspecified atom stereocenters. The van der Waals surface area contributed by atoms with Crippen molar-refractivity contribution in [2.75, 3.05) is 0 Å². The number of rotatable bonds is 10. The van der Waals surface area contributed by atoms with Crippen LogP contribution in [0.15, 0.2) is 180 Å². The Balaban J connectivity index is 0.000000195. The zero-order valence-electron chi connectivity index (χ0n) is 32.2. The molecule has 11 heteroatoms. The van der Waals surface area contributed by atoms with Gasteiger partial charge in [0.1, 0.15) is 11.6 Å². The molecule has 8 rings (SSSR count). The molecule has 0 saturated heterocycles. The molecule has 0 spiro atoms. The fraction of sp³-hybridized carbons (Fsp3) is 0.0833. The van der Waals surface area contributed by atoms with Gasteiger partial charge in [-0.25, -0.2) is 18.1 Å². The molecule has 8 nitrogen and oxygen atoms in total. The van der Waals surface area contributed by atoms with Crippen molar-refractivity contribution in [1.82, 2.24) is 19.6 Å². The molecule has 2 heterocycles. The Morgan fingerprint density at radius 3 is 1.10 bits per heavy atom. The van der Waals surface area contributed by atoms with Crippen molar-refractivity contribution in [3.63, 3.8) is 0 Å². The second-order valence-electron chi connectivity index (χ2n) is 13.3. The van der Waals surface area contributed by atoms with Crippen LogP contribution in [0.5, 0.6) is 11.8 Å². The number of benzene rings is 6. The summed E-state index contributed by atoms with van der Waals surface area (Å²) in [4.78, 5) is 9.47. The summed E-state index contributed by atoms with van der Waals surface area (Å²) >= 11 is 0. The Bertz CT molecular complexity index is 2460. The second kappa shape index (κ2) is 19.5. The van der Waals surface area contributed by atoms with E-state index in [-0.39, 0.29) is 39.9 Å². The summed E-state index contributed by atoms with van der Waals surface area (Å²) < 4.78 is 29.2. The van der Waals surface area contributed by atoms with Crippen LogP contribution in [0.3, 0.4) is 0 Å². The molecule has 0 saturated carbocycles. The second-order valence-corrected chi connectivity index (χ2v) is 13.3. The molecule has 0 aliphatic rings. The predicted molar refractivity (Wildman–Crippen MR) is 220 cm³/mol. The molecule has 8 aromatic rings. The number of aryl methyl sites for hydroxylation is 2. The van der Waals surface area contributed by atoms with Gasteiger partial charge < -0.3 is 10.2 Å². The first-order valence-electron chi connectivity index (χ1n) is 18.6. The number of aromatic nitrogens is 4. The third kappa shape index (κ3) is 9.95.